The van der Waals surface area contributed by atoms with Crippen LogP contribution in [0.4, 0.5) is 4.39 Å². The second-order valence-electron chi connectivity index (χ2n) is 4.87. The van der Waals surface area contributed by atoms with Crippen LogP contribution in [0.25, 0.3) is 0 Å². The number of rotatable bonds is 4. The molecule has 0 saturated carbocycles. The van der Waals surface area contributed by atoms with Crippen LogP contribution in [0, 0.1) is 11.7 Å². The molecule has 2 nitrogen and oxygen atoms in total. The summed E-state index contributed by atoms with van der Waals surface area (Å²) in [5.41, 5.74) is 6.91. The van der Waals surface area contributed by atoms with Crippen LogP contribution in [0.1, 0.15) is 25.3 Å². The first-order valence-electron chi connectivity index (χ1n) is 6.43. The van der Waals surface area contributed by atoms with Gasteiger partial charge in [-0.05, 0) is 37.0 Å². The summed E-state index contributed by atoms with van der Waals surface area (Å²) in [5, 5.41) is 0. The summed E-state index contributed by atoms with van der Waals surface area (Å²) >= 11 is 3.26. The normalized spacial score (nSPS) is 25.3. The molecule has 1 fully saturated rings. The SMILES string of the molecule is CCC1OCCC1C(N)Cc1ccc(Br)cc1F. The summed E-state index contributed by atoms with van der Waals surface area (Å²) in [7, 11) is 0. The van der Waals surface area contributed by atoms with Crippen LogP contribution in [-0.2, 0) is 11.2 Å². The molecular weight excluding hydrogens is 297 g/mol. The molecule has 1 aromatic carbocycles. The summed E-state index contributed by atoms with van der Waals surface area (Å²) in [6, 6.07) is 5.11. The minimum Gasteiger partial charge on any atom is -0.378 e. The maximum Gasteiger partial charge on any atom is 0.127 e. The van der Waals surface area contributed by atoms with E-state index >= 15 is 0 Å². The first kappa shape index (κ1) is 14.0. The molecule has 2 rings (SSSR count). The van der Waals surface area contributed by atoms with Crippen molar-refractivity contribution in [3.63, 3.8) is 0 Å². The van der Waals surface area contributed by atoms with Crippen LogP contribution in [0.15, 0.2) is 22.7 Å². The Bertz CT molecular complexity index is 413. The number of nitrogens with two attached hydrogens (primary N) is 1. The van der Waals surface area contributed by atoms with Gasteiger partial charge in [0.1, 0.15) is 5.82 Å². The zero-order chi connectivity index (χ0) is 13.1. The zero-order valence-corrected chi connectivity index (χ0v) is 12.1. The molecule has 3 unspecified atom stereocenters. The van der Waals surface area contributed by atoms with E-state index < -0.39 is 0 Å². The van der Waals surface area contributed by atoms with Crippen molar-refractivity contribution in [3.8, 4) is 0 Å². The van der Waals surface area contributed by atoms with E-state index in [9.17, 15) is 4.39 Å². The van der Waals surface area contributed by atoms with Gasteiger partial charge in [0.25, 0.3) is 0 Å². The van der Waals surface area contributed by atoms with E-state index in [0.717, 1.165) is 23.9 Å². The molecular formula is C14H19BrFNO. The van der Waals surface area contributed by atoms with E-state index in [4.69, 9.17) is 10.5 Å². The molecule has 0 bridgehead atoms. The molecule has 1 saturated heterocycles. The predicted molar refractivity (Wildman–Crippen MR) is 73.9 cm³/mol. The summed E-state index contributed by atoms with van der Waals surface area (Å²) < 4.78 is 20.2. The van der Waals surface area contributed by atoms with Gasteiger partial charge in [-0.2, -0.15) is 0 Å². The minimum absolute atomic E-state index is 0.0341. The third-order valence-corrected chi connectivity index (χ3v) is 4.18. The van der Waals surface area contributed by atoms with Gasteiger partial charge >= 0.3 is 0 Å². The number of benzene rings is 1. The van der Waals surface area contributed by atoms with E-state index in [0.29, 0.717) is 17.9 Å². The minimum atomic E-state index is -0.188. The first-order valence-corrected chi connectivity index (χ1v) is 7.22. The molecule has 2 N–H and O–H groups in total. The number of ether oxygens (including phenoxy) is 1. The Morgan fingerprint density at radius 1 is 1.56 bits per heavy atom. The largest absolute Gasteiger partial charge is 0.378 e. The highest BCUT2D eigenvalue weighted by Gasteiger charge is 2.31. The van der Waals surface area contributed by atoms with Crippen molar-refractivity contribution >= 4 is 15.9 Å². The molecule has 0 radical (unpaired) electrons. The molecule has 0 aliphatic carbocycles. The number of halogens is 2. The standard InChI is InChI=1S/C14H19BrFNO/c1-2-14-11(5-6-18-14)13(17)7-9-3-4-10(15)8-12(9)16/h3-4,8,11,13-14H,2,5-7,17H2,1H3. The molecule has 1 aliphatic heterocycles. The average Bonchev–Trinajstić information content (AvgIpc) is 2.81. The zero-order valence-electron chi connectivity index (χ0n) is 10.5. The highest BCUT2D eigenvalue weighted by Crippen LogP contribution is 2.28. The Morgan fingerprint density at radius 2 is 2.33 bits per heavy atom. The Morgan fingerprint density at radius 3 is 3.00 bits per heavy atom. The van der Waals surface area contributed by atoms with Gasteiger partial charge in [0.15, 0.2) is 0 Å². The Kier molecular flexibility index (Phi) is 4.76. The molecule has 1 heterocycles. The van der Waals surface area contributed by atoms with Crippen molar-refractivity contribution in [1.82, 2.24) is 0 Å². The molecule has 0 amide bonds. The lowest BCUT2D eigenvalue weighted by atomic mass is 9.88. The van der Waals surface area contributed by atoms with Crippen LogP contribution in [0.3, 0.4) is 0 Å². The number of hydrogen-bond donors (Lipinski definition) is 1. The van der Waals surface area contributed by atoms with E-state index in [1.54, 1.807) is 6.07 Å². The van der Waals surface area contributed by atoms with Gasteiger partial charge in [0.05, 0.1) is 6.10 Å². The molecule has 0 spiro atoms. The van der Waals surface area contributed by atoms with Crippen LogP contribution >= 0.6 is 15.9 Å². The molecule has 3 atom stereocenters. The highest BCUT2D eigenvalue weighted by atomic mass is 79.9. The van der Waals surface area contributed by atoms with Gasteiger partial charge in [0.2, 0.25) is 0 Å². The van der Waals surface area contributed by atoms with E-state index in [1.165, 1.54) is 6.07 Å². The fourth-order valence-corrected chi connectivity index (χ4v) is 3.00. The summed E-state index contributed by atoms with van der Waals surface area (Å²) in [6.07, 6.45) is 2.77. The lowest BCUT2D eigenvalue weighted by Gasteiger charge is -2.24. The molecule has 1 aromatic rings. The van der Waals surface area contributed by atoms with Gasteiger partial charge in [-0.3, -0.25) is 0 Å². The molecule has 1 aliphatic rings. The summed E-state index contributed by atoms with van der Waals surface area (Å²) in [6.45, 7) is 2.88. The second-order valence-corrected chi connectivity index (χ2v) is 5.79. The molecule has 0 aromatic heterocycles. The summed E-state index contributed by atoms with van der Waals surface area (Å²) in [4.78, 5) is 0. The monoisotopic (exact) mass is 315 g/mol. The lowest BCUT2D eigenvalue weighted by molar-refractivity contribution is 0.0813. The summed E-state index contributed by atoms with van der Waals surface area (Å²) in [5.74, 6) is 0.157. The number of hydrogen-bond acceptors (Lipinski definition) is 2. The second kappa shape index (κ2) is 6.13. The van der Waals surface area contributed by atoms with Crippen LogP contribution in [0.5, 0.6) is 0 Å². The van der Waals surface area contributed by atoms with Gasteiger partial charge in [0, 0.05) is 23.0 Å². The maximum atomic E-state index is 13.8. The highest BCUT2D eigenvalue weighted by molar-refractivity contribution is 9.10. The third-order valence-electron chi connectivity index (χ3n) is 3.68. The van der Waals surface area contributed by atoms with E-state index in [-0.39, 0.29) is 18.0 Å². The smallest absolute Gasteiger partial charge is 0.127 e. The first-order chi connectivity index (χ1) is 8.61. The Balaban J connectivity index is 2.04. The van der Waals surface area contributed by atoms with Crippen molar-refractivity contribution in [2.75, 3.05) is 6.61 Å². The van der Waals surface area contributed by atoms with Crippen LogP contribution in [-0.4, -0.2) is 18.8 Å². The fraction of sp³-hybridized carbons (Fsp3) is 0.571. The predicted octanol–water partition coefficient (Wildman–Crippen LogP) is 3.27. The van der Waals surface area contributed by atoms with E-state index in [1.807, 2.05) is 6.07 Å². The maximum absolute atomic E-state index is 13.8. The van der Waals surface area contributed by atoms with Crippen molar-refractivity contribution in [1.29, 1.82) is 0 Å². The van der Waals surface area contributed by atoms with Crippen molar-refractivity contribution < 1.29 is 9.13 Å². The third kappa shape index (κ3) is 3.11. The Labute approximate surface area is 116 Å². The molecule has 18 heavy (non-hydrogen) atoms. The van der Waals surface area contributed by atoms with Crippen LogP contribution in [0.2, 0.25) is 0 Å². The quantitative estimate of drug-likeness (QED) is 0.925. The van der Waals surface area contributed by atoms with Crippen molar-refractivity contribution in [2.45, 2.75) is 38.3 Å². The van der Waals surface area contributed by atoms with Gasteiger partial charge in [-0.25, -0.2) is 4.39 Å². The fourth-order valence-electron chi connectivity index (χ4n) is 2.67. The van der Waals surface area contributed by atoms with Crippen molar-refractivity contribution in [2.24, 2.45) is 11.7 Å². The lowest BCUT2D eigenvalue weighted by Crippen LogP contribution is -2.37. The van der Waals surface area contributed by atoms with E-state index in [2.05, 4.69) is 22.9 Å². The topological polar surface area (TPSA) is 35.2 Å². The average molecular weight is 316 g/mol. The van der Waals surface area contributed by atoms with Crippen LogP contribution < -0.4 is 5.73 Å². The molecule has 4 heteroatoms. The van der Waals surface area contributed by atoms with Gasteiger partial charge in [-0.1, -0.05) is 28.9 Å². The van der Waals surface area contributed by atoms with Gasteiger partial charge in [-0.15, -0.1) is 0 Å². The molecule has 100 valence electrons. The van der Waals surface area contributed by atoms with Gasteiger partial charge < -0.3 is 10.5 Å². The Hall–Kier alpha value is -0.450. The van der Waals surface area contributed by atoms with Crippen molar-refractivity contribution in [3.05, 3.63) is 34.1 Å².